The molecule has 0 radical (unpaired) electrons. The van der Waals surface area contributed by atoms with Crippen molar-refractivity contribution in [2.24, 2.45) is 0 Å². The average Bonchev–Trinajstić information content (AvgIpc) is 2.89. The summed E-state index contributed by atoms with van der Waals surface area (Å²) in [5.41, 5.74) is 3.99. The molecule has 1 amide bonds. The summed E-state index contributed by atoms with van der Waals surface area (Å²) in [4.78, 5) is 17.0. The van der Waals surface area contributed by atoms with Crippen LogP contribution in [0.1, 0.15) is 55.2 Å². The van der Waals surface area contributed by atoms with Crippen LogP contribution < -0.4 is 4.90 Å². The van der Waals surface area contributed by atoms with E-state index in [-0.39, 0.29) is 29.5 Å². The minimum Gasteiger partial charge on any atom is -0.309 e. The first-order valence-electron chi connectivity index (χ1n) is 12.7. The van der Waals surface area contributed by atoms with Gasteiger partial charge < -0.3 is 9.80 Å². The van der Waals surface area contributed by atoms with E-state index in [9.17, 15) is 13.6 Å². The largest absolute Gasteiger partial charge is 0.309 e. The molecule has 0 unspecified atom stereocenters. The van der Waals surface area contributed by atoms with Gasteiger partial charge in [0.05, 0.1) is 5.69 Å². The number of rotatable bonds is 9. The van der Waals surface area contributed by atoms with Gasteiger partial charge in [-0.15, -0.1) is 0 Å². The lowest BCUT2D eigenvalue weighted by Gasteiger charge is -2.39. The number of halogens is 2. The molecule has 0 saturated carbocycles. The molecule has 3 aromatic carbocycles. The maximum absolute atomic E-state index is 13.5. The molecular formula is C31H34F2N2O. The van der Waals surface area contributed by atoms with E-state index in [1.54, 1.807) is 13.0 Å². The fraction of sp³-hybridized carbons (Fsp3) is 0.323. The second kappa shape index (κ2) is 12.1. The summed E-state index contributed by atoms with van der Waals surface area (Å²) in [6.07, 6.45) is 5.51. The number of benzene rings is 3. The molecule has 1 fully saturated rings. The van der Waals surface area contributed by atoms with Gasteiger partial charge in [0.2, 0.25) is 5.91 Å². The number of piperidine rings is 1. The highest BCUT2D eigenvalue weighted by atomic mass is 19.1. The van der Waals surface area contributed by atoms with E-state index < -0.39 is 0 Å². The van der Waals surface area contributed by atoms with Crippen LogP contribution >= 0.6 is 0 Å². The predicted molar refractivity (Wildman–Crippen MR) is 143 cm³/mol. The number of nitrogens with zero attached hydrogens (tertiary/aromatic N) is 2. The van der Waals surface area contributed by atoms with E-state index in [4.69, 9.17) is 0 Å². The zero-order chi connectivity index (χ0) is 25.5. The van der Waals surface area contributed by atoms with Crippen LogP contribution in [0.15, 0.2) is 79.4 Å². The lowest BCUT2D eigenvalue weighted by molar-refractivity contribution is -0.117. The normalized spacial score (nSPS) is 14.7. The SMILES string of the molecule is C=Cc1ccccc1N(C(C)=O)C1CCN(CCCC(c2ccc(F)cc2)c2ccc(F)cc2)CC1. The molecular weight excluding hydrogens is 454 g/mol. The zero-order valence-electron chi connectivity index (χ0n) is 20.9. The zero-order valence-corrected chi connectivity index (χ0v) is 20.9. The smallest absolute Gasteiger partial charge is 0.224 e. The summed E-state index contributed by atoms with van der Waals surface area (Å²) in [6.45, 7) is 8.36. The van der Waals surface area contributed by atoms with Crippen LogP contribution in [0.3, 0.4) is 0 Å². The van der Waals surface area contributed by atoms with Crippen LogP contribution in [-0.2, 0) is 4.79 Å². The Morgan fingerprint density at radius 1 is 0.972 bits per heavy atom. The van der Waals surface area contributed by atoms with Gasteiger partial charge in [-0.2, -0.15) is 0 Å². The minimum atomic E-state index is -0.255. The van der Waals surface area contributed by atoms with E-state index in [1.165, 1.54) is 24.3 Å². The summed E-state index contributed by atoms with van der Waals surface area (Å²) >= 11 is 0. The van der Waals surface area contributed by atoms with Gasteiger partial charge in [-0.05, 0) is 79.3 Å². The first kappa shape index (κ1) is 25.8. The van der Waals surface area contributed by atoms with Crippen molar-refractivity contribution in [2.45, 2.75) is 44.6 Å². The van der Waals surface area contributed by atoms with Crippen LogP contribution in [0.25, 0.3) is 6.08 Å². The fourth-order valence-corrected chi connectivity index (χ4v) is 5.34. The Bertz CT molecular complexity index is 1110. The molecule has 1 aliphatic heterocycles. The summed E-state index contributed by atoms with van der Waals surface area (Å²) in [6, 6.07) is 21.3. The van der Waals surface area contributed by atoms with Crippen molar-refractivity contribution in [1.29, 1.82) is 0 Å². The quantitative estimate of drug-likeness (QED) is 0.323. The molecule has 188 valence electrons. The fourth-order valence-electron chi connectivity index (χ4n) is 5.34. The molecule has 0 spiro atoms. The Balaban J connectivity index is 1.36. The lowest BCUT2D eigenvalue weighted by atomic mass is 9.87. The standard InChI is InChI=1S/C31H34F2N2O/c1-3-24-7-4-5-9-31(24)35(23(2)36)29-18-21-34(22-19-29)20-6-8-30(25-10-14-27(32)15-11-25)26-12-16-28(33)17-13-26/h3-5,7,9-17,29-30H,1,6,8,18-22H2,2H3. The molecule has 1 heterocycles. The maximum Gasteiger partial charge on any atom is 0.224 e. The minimum absolute atomic E-state index is 0.0594. The van der Waals surface area contributed by atoms with Crippen LogP contribution in [0, 0.1) is 11.6 Å². The first-order valence-corrected chi connectivity index (χ1v) is 12.7. The Labute approximate surface area is 213 Å². The van der Waals surface area contributed by atoms with Crippen molar-refractivity contribution in [3.05, 3.63) is 108 Å². The Morgan fingerprint density at radius 2 is 1.53 bits per heavy atom. The number of likely N-dealkylation sites (tertiary alicyclic amines) is 1. The molecule has 0 aromatic heterocycles. The van der Waals surface area contributed by atoms with E-state index in [0.717, 1.165) is 67.7 Å². The summed E-state index contributed by atoms with van der Waals surface area (Å²) < 4.78 is 27.0. The van der Waals surface area contributed by atoms with Crippen molar-refractivity contribution >= 4 is 17.7 Å². The molecule has 3 aromatic rings. The third-order valence-corrected chi connectivity index (χ3v) is 7.19. The topological polar surface area (TPSA) is 23.6 Å². The monoisotopic (exact) mass is 488 g/mol. The number of hydrogen-bond donors (Lipinski definition) is 0. The van der Waals surface area contributed by atoms with Gasteiger partial charge in [-0.25, -0.2) is 8.78 Å². The molecule has 0 bridgehead atoms. The van der Waals surface area contributed by atoms with E-state index in [2.05, 4.69) is 11.5 Å². The maximum atomic E-state index is 13.5. The number of hydrogen-bond acceptors (Lipinski definition) is 2. The van der Waals surface area contributed by atoms with Gasteiger partial charge in [0.1, 0.15) is 11.6 Å². The third kappa shape index (κ3) is 6.27. The van der Waals surface area contributed by atoms with Gasteiger partial charge in [0.25, 0.3) is 0 Å². The molecule has 4 rings (SSSR count). The molecule has 3 nitrogen and oxygen atoms in total. The third-order valence-electron chi connectivity index (χ3n) is 7.19. The van der Waals surface area contributed by atoms with Gasteiger partial charge in [-0.1, -0.05) is 55.1 Å². The van der Waals surface area contributed by atoms with Crippen LogP contribution in [0.5, 0.6) is 0 Å². The van der Waals surface area contributed by atoms with Crippen LogP contribution in [0.4, 0.5) is 14.5 Å². The van der Waals surface area contributed by atoms with Crippen molar-refractivity contribution in [1.82, 2.24) is 4.90 Å². The summed E-state index contributed by atoms with van der Waals surface area (Å²) in [5, 5.41) is 0. The number of carbonyl (C=O) groups excluding carboxylic acids is 1. The van der Waals surface area contributed by atoms with Gasteiger partial charge >= 0.3 is 0 Å². The average molecular weight is 489 g/mol. The van der Waals surface area contributed by atoms with Crippen molar-refractivity contribution in [3.8, 4) is 0 Å². The molecule has 0 atom stereocenters. The van der Waals surface area contributed by atoms with E-state index in [1.807, 2.05) is 53.4 Å². The van der Waals surface area contributed by atoms with Crippen molar-refractivity contribution in [2.75, 3.05) is 24.5 Å². The molecule has 0 N–H and O–H groups in total. The molecule has 1 aliphatic rings. The van der Waals surface area contributed by atoms with Crippen molar-refractivity contribution < 1.29 is 13.6 Å². The van der Waals surface area contributed by atoms with Gasteiger partial charge in [0.15, 0.2) is 0 Å². The van der Waals surface area contributed by atoms with Crippen molar-refractivity contribution in [3.63, 3.8) is 0 Å². The summed E-state index contributed by atoms with van der Waals surface area (Å²) in [7, 11) is 0. The van der Waals surface area contributed by atoms with E-state index >= 15 is 0 Å². The molecule has 36 heavy (non-hydrogen) atoms. The van der Waals surface area contributed by atoms with Crippen LogP contribution in [-0.4, -0.2) is 36.5 Å². The predicted octanol–water partition coefficient (Wildman–Crippen LogP) is 7.04. The van der Waals surface area contributed by atoms with Gasteiger partial charge in [-0.3, -0.25) is 4.79 Å². The number of carbonyl (C=O) groups is 1. The Hall–Kier alpha value is -3.31. The second-order valence-electron chi connectivity index (χ2n) is 9.52. The second-order valence-corrected chi connectivity index (χ2v) is 9.52. The molecule has 0 aliphatic carbocycles. The lowest BCUT2D eigenvalue weighted by Crippen LogP contribution is -2.47. The number of para-hydroxylation sites is 1. The highest BCUT2D eigenvalue weighted by Crippen LogP contribution is 2.31. The highest BCUT2D eigenvalue weighted by molar-refractivity contribution is 5.94. The Kier molecular flexibility index (Phi) is 8.65. The first-order chi connectivity index (χ1) is 17.5. The summed E-state index contributed by atoms with van der Waals surface area (Å²) in [5.74, 6) is -0.360. The van der Waals surface area contributed by atoms with Crippen LogP contribution in [0.2, 0.25) is 0 Å². The number of anilines is 1. The number of amides is 1. The van der Waals surface area contributed by atoms with Gasteiger partial charge in [0, 0.05) is 32.0 Å². The highest BCUT2D eigenvalue weighted by Gasteiger charge is 2.28. The van der Waals surface area contributed by atoms with E-state index in [0.29, 0.717) is 0 Å². The Morgan fingerprint density at radius 3 is 2.06 bits per heavy atom. The molecule has 5 heteroatoms. The molecule has 1 saturated heterocycles.